The van der Waals surface area contributed by atoms with Crippen molar-refractivity contribution >= 4 is 11.6 Å². The van der Waals surface area contributed by atoms with E-state index in [1.54, 1.807) is 12.1 Å². The van der Waals surface area contributed by atoms with Crippen LogP contribution in [0.1, 0.15) is 49.0 Å². The number of carbonyl (C=O) groups is 1. The third-order valence-corrected chi connectivity index (χ3v) is 5.47. The number of hydrogen-bond donors (Lipinski definition) is 1. The van der Waals surface area contributed by atoms with Crippen molar-refractivity contribution in [3.63, 3.8) is 0 Å². The smallest absolute Gasteiger partial charge is 0.251 e. The molecule has 1 amide bonds. The average molecular weight is 390 g/mol. The highest BCUT2D eigenvalue weighted by atomic mass is 16.5. The molecular weight excluding hydrogens is 364 g/mol. The molecule has 0 saturated carbocycles. The van der Waals surface area contributed by atoms with Gasteiger partial charge in [-0.2, -0.15) is 4.98 Å². The number of piperidine rings is 1. The van der Waals surface area contributed by atoms with Crippen molar-refractivity contribution < 1.29 is 9.32 Å². The molecular formula is C23H26N4O2. The van der Waals surface area contributed by atoms with E-state index < -0.39 is 0 Å². The molecule has 1 N–H and O–H groups in total. The molecule has 1 aliphatic heterocycles. The minimum atomic E-state index is -0.376. The van der Waals surface area contributed by atoms with Crippen molar-refractivity contribution in [3.05, 3.63) is 66.1 Å². The number of rotatable bonds is 5. The zero-order valence-electron chi connectivity index (χ0n) is 16.8. The fourth-order valence-corrected chi connectivity index (χ4v) is 3.55. The van der Waals surface area contributed by atoms with Gasteiger partial charge in [0.15, 0.2) is 0 Å². The summed E-state index contributed by atoms with van der Waals surface area (Å²) < 4.78 is 5.39. The highest BCUT2D eigenvalue weighted by Crippen LogP contribution is 2.26. The van der Waals surface area contributed by atoms with Gasteiger partial charge in [-0.3, -0.25) is 4.79 Å². The second kappa shape index (κ2) is 8.47. The largest absolute Gasteiger partial charge is 0.372 e. The SMILES string of the molecule is CC1CCN(c2ccc(-c3noc([C@@H](C)NC(=O)c4ccccc4)n3)cc2)CC1. The lowest BCUT2D eigenvalue weighted by atomic mass is 9.98. The Hall–Kier alpha value is -3.15. The van der Waals surface area contributed by atoms with Gasteiger partial charge in [-0.25, -0.2) is 0 Å². The van der Waals surface area contributed by atoms with Crippen LogP contribution in [-0.4, -0.2) is 29.1 Å². The Kier molecular flexibility index (Phi) is 5.60. The Morgan fingerprint density at radius 2 is 1.79 bits per heavy atom. The lowest BCUT2D eigenvalue weighted by Crippen LogP contribution is -2.32. The molecule has 2 heterocycles. The molecule has 1 atom stereocenters. The summed E-state index contributed by atoms with van der Waals surface area (Å²) in [5.74, 6) is 1.56. The first kappa shape index (κ1) is 19.2. The Bertz CT molecular complexity index is 945. The van der Waals surface area contributed by atoms with E-state index in [2.05, 4.69) is 39.4 Å². The monoisotopic (exact) mass is 390 g/mol. The van der Waals surface area contributed by atoms with E-state index >= 15 is 0 Å². The molecule has 6 heteroatoms. The van der Waals surface area contributed by atoms with Crippen molar-refractivity contribution in [2.24, 2.45) is 5.92 Å². The van der Waals surface area contributed by atoms with E-state index in [9.17, 15) is 4.79 Å². The van der Waals surface area contributed by atoms with Crippen LogP contribution in [0.25, 0.3) is 11.4 Å². The molecule has 3 aromatic rings. The summed E-state index contributed by atoms with van der Waals surface area (Å²) in [7, 11) is 0. The lowest BCUT2D eigenvalue weighted by molar-refractivity contribution is 0.0932. The van der Waals surface area contributed by atoms with Gasteiger partial charge in [-0.1, -0.05) is 30.3 Å². The molecule has 0 bridgehead atoms. The number of nitrogens with one attached hydrogen (secondary N) is 1. The van der Waals surface area contributed by atoms with Crippen LogP contribution in [0.4, 0.5) is 5.69 Å². The number of nitrogens with zero attached hydrogens (tertiary/aromatic N) is 3. The van der Waals surface area contributed by atoms with Gasteiger partial charge in [0.25, 0.3) is 5.91 Å². The number of anilines is 1. The van der Waals surface area contributed by atoms with Gasteiger partial charge in [0.05, 0.1) is 0 Å². The third kappa shape index (κ3) is 4.47. The molecule has 6 nitrogen and oxygen atoms in total. The Morgan fingerprint density at radius 3 is 2.48 bits per heavy atom. The highest BCUT2D eigenvalue weighted by molar-refractivity contribution is 5.94. The van der Waals surface area contributed by atoms with Crippen molar-refractivity contribution in [1.29, 1.82) is 0 Å². The minimum absolute atomic E-state index is 0.168. The minimum Gasteiger partial charge on any atom is -0.372 e. The first-order chi connectivity index (χ1) is 14.1. The maximum atomic E-state index is 12.3. The van der Waals surface area contributed by atoms with Gasteiger partial charge in [0.2, 0.25) is 11.7 Å². The number of amides is 1. The molecule has 0 aliphatic carbocycles. The molecule has 0 unspecified atom stereocenters. The first-order valence-corrected chi connectivity index (χ1v) is 10.1. The Labute approximate surface area is 170 Å². The average Bonchev–Trinajstić information content (AvgIpc) is 3.25. The first-order valence-electron chi connectivity index (χ1n) is 10.1. The van der Waals surface area contributed by atoms with Crippen LogP contribution in [0.2, 0.25) is 0 Å². The maximum absolute atomic E-state index is 12.3. The van der Waals surface area contributed by atoms with Crippen molar-refractivity contribution in [2.75, 3.05) is 18.0 Å². The maximum Gasteiger partial charge on any atom is 0.251 e. The molecule has 1 fully saturated rings. The zero-order valence-corrected chi connectivity index (χ0v) is 16.8. The number of aromatic nitrogens is 2. The number of benzene rings is 2. The summed E-state index contributed by atoms with van der Waals surface area (Å²) in [6.45, 7) is 6.35. The van der Waals surface area contributed by atoms with Gasteiger partial charge in [-0.05, 0) is 62.1 Å². The van der Waals surface area contributed by atoms with Crippen LogP contribution in [0.15, 0.2) is 59.1 Å². The van der Waals surface area contributed by atoms with Gasteiger partial charge >= 0.3 is 0 Å². The van der Waals surface area contributed by atoms with Crippen molar-refractivity contribution in [2.45, 2.75) is 32.7 Å². The van der Waals surface area contributed by atoms with E-state index in [-0.39, 0.29) is 11.9 Å². The van der Waals surface area contributed by atoms with E-state index in [4.69, 9.17) is 4.52 Å². The van der Waals surface area contributed by atoms with E-state index in [0.29, 0.717) is 17.3 Å². The van der Waals surface area contributed by atoms with Crippen LogP contribution in [-0.2, 0) is 0 Å². The van der Waals surface area contributed by atoms with Crippen LogP contribution in [0.5, 0.6) is 0 Å². The van der Waals surface area contributed by atoms with E-state index in [1.165, 1.54) is 18.5 Å². The lowest BCUT2D eigenvalue weighted by Gasteiger charge is -2.32. The summed E-state index contributed by atoms with van der Waals surface area (Å²) in [5.41, 5.74) is 2.73. The van der Waals surface area contributed by atoms with Crippen LogP contribution in [0.3, 0.4) is 0 Å². The zero-order chi connectivity index (χ0) is 20.2. The van der Waals surface area contributed by atoms with E-state index in [1.807, 2.05) is 37.3 Å². The topological polar surface area (TPSA) is 71.3 Å². The normalized spacial score (nSPS) is 15.9. The van der Waals surface area contributed by atoms with Crippen molar-refractivity contribution in [1.82, 2.24) is 15.5 Å². The van der Waals surface area contributed by atoms with Gasteiger partial charge in [0, 0.05) is 29.9 Å². The number of carbonyl (C=O) groups excluding carboxylic acids is 1. The van der Waals surface area contributed by atoms with Crippen LogP contribution in [0, 0.1) is 5.92 Å². The quantitative estimate of drug-likeness (QED) is 0.696. The molecule has 4 rings (SSSR count). The van der Waals surface area contributed by atoms with Crippen molar-refractivity contribution in [3.8, 4) is 11.4 Å². The fourth-order valence-electron chi connectivity index (χ4n) is 3.55. The van der Waals surface area contributed by atoms with Crippen LogP contribution < -0.4 is 10.2 Å². The second-order valence-electron chi connectivity index (χ2n) is 7.73. The molecule has 1 aromatic heterocycles. The van der Waals surface area contributed by atoms with Crippen LogP contribution >= 0.6 is 0 Å². The van der Waals surface area contributed by atoms with Gasteiger partial charge in [-0.15, -0.1) is 0 Å². The highest BCUT2D eigenvalue weighted by Gasteiger charge is 2.19. The molecule has 0 radical (unpaired) electrons. The Balaban J connectivity index is 1.41. The molecule has 0 spiro atoms. The second-order valence-corrected chi connectivity index (χ2v) is 7.73. The summed E-state index contributed by atoms with van der Waals surface area (Å²) in [4.78, 5) is 19.2. The molecule has 1 aliphatic rings. The number of hydrogen-bond acceptors (Lipinski definition) is 5. The molecule has 150 valence electrons. The van der Waals surface area contributed by atoms with E-state index in [0.717, 1.165) is 24.6 Å². The summed E-state index contributed by atoms with van der Waals surface area (Å²) in [5, 5.41) is 6.98. The molecule has 2 aromatic carbocycles. The fraction of sp³-hybridized carbons (Fsp3) is 0.348. The Morgan fingerprint density at radius 1 is 1.10 bits per heavy atom. The van der Waals surface area contributed by atoms with Gasteiger partial charge in [0.1, 0.15) is 6.04 Å². The van der Waals surface area contributed by atoms with Gasteiger partial charge < -0.3 is 14.7 Å². The molecule has 29 heavy (non-hydrogen) atoms. The summed E-state index contributed by atoms with van der Waals surface area (Å²) in [6.07, 6.45) is 2.48. The third-order valence-electron chi connectivity index (χ3n) is 5.47. The molecule has 1 saturated heterocycles. The predicted octanol–water partition coefficient (Wildman–Crippen LogP) is 4.46. The summed E-state index contributed by atoms with van der Waals surface area (Å²) >= 11 is 0. The summed E-state index contributed by atoms with van der Waals surface area (Å²) in [6, 6.07) is 17.0. The predicted molar refractivity (Wildman–Crippen MR) is 113 cm³/mol. The standard InChI is InChI=1S/C23H26N4O2/c1-16-12-14-27(15-13-16)20-10-8-18(9-11-20)21-25-23(29-26-21)17(2)24-22(28)19-6-4-3-5-7-19/h3-11,16-17H,12-15H2,1-2H3,(H,24,28)/t17-/m1/s1.